The minimum Gasteiger partial charge on any atom is -0.330 e. The number of hydrogen-bond donors (Lipinski definition) is 1. The van der Waals surface area contributed by atoms with Gasteiger partial charge in [0.15, 0.2) is 5.82 Å². The van der Waals surface area contributed by atoms with Gasteiger partial charge in [-0.2, -0.15) is 5.10 Å². The van der Waals surface area contributed by atoms with Crippen molar-refractivity contribution in [1.29, 1.82) is 0 Å². The molecule has 2 N–H and O–H groups in total. The van der Waals surface area contributed by atoms with Crippen LogP contribution < -0.4 is 5.73 Å². The molecule has 0 unspecified atom stereocenters. The summed E-state index contributed by atoms with van der Waals surface area (Å²) in [5.41, 5.74) is 6.17. The standard InChI is InChI=1S/C11H20N4/c1-3-9-13-10(15(2)14-9)7-11(8-12)5-4-6-11/h3-8,12H2,1-2H3. The molecular weight excluding hydrogens is 188 g/mol. The van der Waals surface area contributed by atoms with E-state index in [0.29, 0.717) is 5.41 Å². The van der Waals surface area contributed by atoms with E-state index in [1.165, 1.54) is 19.3 Å². The Morgan fingerprint density at radius 3 is 2.60 bits per heavy atom. The van der Waals surface area contributed by atoms with Gasteiger partial charge < -0.3 is 5.73 Å². The largest absolute Gasteiger partial charge is 0.330 e. The van der Waals surface area contributed by atoms with Crippen molar-refractivity contribution in [2.24, 2.45) is 18.2 Å². The normalized spacial score (nSPS) is 18.9. The molecule has 0 aromatic carbocycles. The van der Waals surface area contributed by atoms with Gasteiger partial charge >= 0.3 is 0 Å². The molecule has 1 aromatic rings. The smallest absolute Gasteiger partial charge is 0.150 e. The fourth-order valence-corrected chi connectivity index (χ4v) is 2.24. The average molecular weight is 208 g/mol. The molecule has 84 valence electrons. The Labute approximate surface area is 90.9 Å². The summed E-state index contributed by atoms with van der Waals surface area (Å²) >= 11 is 0. The summed E-state index contributed by atoms with van der Waals surface area (Å²) < 4.78 is 1.91. The SMILES string of the molecule is CCc1nc(CC2(CN)CCC2)n(C)n1. The van der Waals surface area contributed by atoms with Crippen LogP contribution >= 0.6 is 0 Å². The molecule has 15 heavy (non-hydrogen) atoms. The van der Waals surface area contributed by atoms with Crippen LogP contribution in [0.25, 0.3) is 0 Å². The van der Waals surface area contributed by atoms with Gasteiger partial charge in [0.2, 0.25) is 0 Å². The second kappa shape index (κ2) is 3.93. The molecule has 4 nitrogen and oxygen atoms in total. The summed E-state index contributed by atoms with van der Waals surface area (Å²) in [5.74, 6) is 2.04. The van der Waals surface area contributed by atoms with E-state index < -0.39 is 0 Å². The van der Waals surface area contributed by atoms with Gasteiger partial charge in [-0.05, 0) is 24.8 Å². The highest BCUT2D eigenvalue weighted by atomic mass is 15.3. The van der Waals surface area contributed by atoms with Crippen molar-refractivity contribution in [2.75, 3.05) is 6.54 Å². The number of hydrogen-bond acceptors (Lipinski definition) is 3. The lowest BCUT2D eigenvalue weighted by atomic mass is 9.66. The zero-order valence-corrected chi connectivity index (χ0v) is 9.66. The highest BCUT2D eigenvalue weighted by Crippen LogP contribution is 2.42. The Balaban J connectivity index is 2.12. The quantitative estimate of drug-likeness (QED) is 0.804. The summed E-state index contributed by atoms with van der Waals surface area (Å²) in [5, 5.41) is 4.37. The molecule has 0 spiro atoms. The zero-order valence-electron chi connectivity index (χ0n) is 9.66. The molecule has 1 aliphatic rings. The van der Waals surface area contributed by atoms with Gasteiger partial charge in [-0.1, -0.05) is 13.3 Å². The monoisotopic (exact) mass is 208 g/mol. The third-order valence-electron chi connectivity index (χ3n) is 3.59. The predicted octanol–water partition coefficient (Wildman–Crippen LogP) is 1.05. The van der Waals surface area contributed by atoms with Crippen molar-refractivity contribution in [2.45, 2.75) is 39.0 Å². The second-order valence-electron chi connectivity index (χ2n) is 4.66. The highest BCUT2D eigenvalue weighted by Gasteiger charge is 2.36. The molecule has 1 aliphatic carbocycles. The summed E-state index contributed by atoms with van der Waals surface area (Å²) in [6, 6.07) is 0. The van der Waals surface area contributed by atoms with E-state index in [4.69, 9.17) is 5.73 Å². The van der Waals surface area contributed by atoms with Crippen LogP contribution in [0.2, 0.25) is 0 Å². The Bertz CT molecular complexity index is 333. The molecule has 0 aliphatic heterocycles. The lowest BCUT2D eigenvalue weighted by Gasteiger charge is -2.40. The molecule has 1 fully saturated rings. The summed E-state index contributed by atoms with van der Waals surface area (Å²) in [6.07, 6.45) is 5.71. The molecule has 0 atom stereocenters. The van der Waals surface area contributed by atoms with Gasteiger partial charge in [0, 0.05) is 19.9 Å². The maximum Gasteiger partial charge on any atom is 0.150 e. The summed E-state index contributed by atoms with van der Waals surface area (Å²) in [6.45, 7) is 2.86. The van der Waals surface area contributed by atoms with E-state index >= 15 is 0 Å². The lowest BCUT2D eigenvalue weighted by Crippen LogP contribution is -2.39. The van der Waals surface area contributed by atoms with Crippen LogP contribution in [0.4, 0.5) is 0 Å². The van der Waals surface area contributed by atoms with E-state index in [2.05, 4.69) is 17.0 Å². The second-order valence-corrected chi connectivity index (χ2v) is 4.66. The van der Waals surface area contributed by atoms with E-state index in [-0.39, 0.29) is 0 Å². The lowest BCUT2D eigenvalue weighted by molar-refractivity contribution is 0.140. The maximum atomic E-state index is 5.85. The van der Waals surface area contributed by atoms with Gasteiger partial charge in [-0.15, -0.1) is 0 Å². The van der Waals surface area contributed by atoms with Gasteiger partial charge in [0.1, 0.15) is 5.82 Å². The number of rotatable bonds is 4. The Kier molecular flexibility index (Phi) is 2.78. The minimum absolute atomic E-state index is 0.325. The Hall–Kier alpha value is -0.900. The zero-order chi connectivity index (χ0) is 10.9. The van der Waals surface area contributed by atoms with Crippen LogP contribution in [0.1, 0.15) is 37.8 Å². The molecule has 1 saturated carbocycles. The van der Waals surface area contributed by atoms with Crippen molar-refractivity contribution in [3.63, 3.8) is 0 Å². The van der Waals surface area contributed by atoms with Gasteiger partial charge in [-0.3, -0.25) is 4.68 Å². The Morgan fingerprint density at radius 1 is 1.47 bits per heavy atom. The first kappa shape index (κ1) is 10.6. The minimum atomic E-state index is 0.325. The Morgan fingerprint density at radius 2 is 2.20 bits per heavy atom. The predicted molar refractivity (Wildman–Crippen MR) is 59.4 cm³/mol. The fraction of sp³-hybridized carbons (Fsp3) is 0.818. The van der Waals surface area contributed by atoms with Crippen LogP contribution in [0.5, 0.6) is 0 Å². The third kappa shape index (κ3) is 1.91. The van der Waals surface area contributed by atoms with E-state index in [1.54, 1.807) is 0 Å². The first-order valence-electron chi connectivity index (χ1n) is 5.78. The topological polar surface area (TPSA) is 56.7 Å². The van der Waals surface area contributed by atoms with Gasteiger partial charge in [0.05, 0.1) is 0 Å². The molecule has 1 aromatic heterocycles. The van der Waals surface area contributed by atoms with Gasteiger partial charge in [-0.25, -0.2) is 4.98 Å². The van der Waals surface area contributed by atoms with Crippen LogP contribution in [0.3, 0.4) is 0 Å². The number of aromatic nitrogens is 3. The summed E-state index contributed by atoms with van der Waals surface area (Å²) in [7, 11) is 1.98. The first-order valence-corrected chi connectivity index (χ1v) is 5.78. The van der Waals surface area contributed by atoms with Crippen LogP contribution in [0.15, 0.2) is 0 Å². The van der Waals surface area contributed by atoms with Gasteiger partial charge in [0.25, 0.3) is 0 Å². The number of aryl methyl sites for hydroxylation is 2. The summed E-state index contributed by atoms with van der Waals surface area (Å²) in [4.78, 5) is 4.54. The first-order chi connectivity index (χ1) is 7.19. The molecule has 0 saturated heterocycles. The molecule has 4 heteroatoms. The van der Waals surface area contributed by atoms with Crippen molar-refractivity contribution >= 4 is 0 Å². The average Bonchev–Trinajstić information content (AvgIpc) is 2.53. The van der Waals surface area contributed by atoms with E-state index in [9.17, 15) is 0 Å². The highest BCUT2D eigenvalue weighted by molar-refractivity contribution is 5.01. The molecule has 0 radical (unpaired) electrons. The number of nitrogens with zero attached hydrogens (tertiary/aromatic N) is 3. The molecule has 0 bridgehead atoms. The molecule has 0 amide bonds. The van der Waals surface area contributed by atoms with Crippen LogP contribution in [0, 0.1) is 5.41 Å². The van der Waals surface area contributed by atoms with Crippen LogP contribution in [-0.4, -0.2) is 21.3 Å². The maximum absolute atomic E-state index is 5.85. The fourth-order valence-electron chi connectivity index (χ4n) is 2.24. The van der Waals surface area contributed by atoms with Crippen molar-refractivity contribution in [1.82, 2.24) is 14.8 Å². The van der Waals surface area contributed by atoms with Crippen LogP contribution in [-0.2, 0) is 19.9 Å². The van der Waals surface area contributed by atoms with Crippen molar-refractivity contribution in [3.05, 3.63) is 11.6 Å². The molecular formula is C11H20N4. The third-order valence-corrected chi connectivity index (χ3v) is 3.59. The van der Waals surface area contributed by atoms with Crippen molar-refractivity contribution in [3.8, 4) is 0 Å². The van der Waals surface area contributed by atoms with E-state index in [1.807, 2.05) is 11.7 Å². The molecule has 2 rings (SSSR count). The molecule has 1 heterocycles. The van der Waals surface area contributed by atoms with E-state index in [0.717, 1.165) is 31.0 Å². The number of nitrogens with two attached hydrogens (primary N) is 1. The van der Waals surface area contributed by atoms with Crippen molar-refractivity contribution < 1.29 is 0 Å².